The molecular formula is C16H14BrFN4O. The summed E-state index contributed by atoms with van der Waals surface area (Å²) in [7, 11) is 0. The monoisotopic (exact) mass is 376 g/mol. The Morgan fingerprint density at radius 2 is 2.22 bits per heavy atom. The van der Waals surface area contributed by atoms with Gasteiger partial charge < -0.3 is 4.74 Å². The number of rotatable bonds is 2. The van der Waals surface area contributed by atoms with E-state index < -0.39 is 5.95 Å². The molecule has 3 aromatic heterocycles. The molecule has 23 heavy (non-hydrogen) atoms. The van der Waals surface area contributed by atoms with Crippen LogP contribution in [0.3, 0.4) is 0 Å². The van der Waals surface area contributed by atoms with Crippen molar-refractivity contribution in [1.82, 2.24) is 19.7 Å². The van der Waals surface area contributed by atoms with Gasteiger partial charge in [-0.05, 0) is 53.4 Å². The molecule has 5 nitrogen and oxygen atoms in total. The molecule has 0 aliphatic carbocycles. The maximum Gasteiger partial charge on any atom is 0.213 e. The largest absolute Gasteiger partial charge is 0.356 e. The van der Waals surface area contributed by atoms with Crippen molar-refractivity contribution in [3.05, 3.63) is 41.0 Å². The van der Waals surface area contributed by atoms with E-state index >= 15 is 0 Å². The first-order valence-corrected chi connectivity index (χ1v) is 8.30. The standard InChI is InChI=1S/C16H14BrFN4O/c17-13-8-10-12(9-19-13)22(15-6-1-2-7-23-15)21-16(10)11-4-3-5-14(18)20-11/h3-5,8-9,15H,1-2,6-7H2. The summed E-state index contributed by atoms with van der Waals surface area (Å²) in [5.74, 6) is -0.521. The van der Waals surface area contributed by atoms with Gasteiger partial charge in [-0.2, -0.15) is 9.49 Å². The molecule has 0 amide bonds. The van der Waals surface area contributed by atoms with Gasteiger partial charge >= 0.3 is 0 Å². The highest BCUT2D eigenvalue weighted by Crippen LogP contribution is 2.32. The predicted octanol–water partition coefficient (Wildman–Crippen LogP) is 4.09. The molecule has 1 aliphatic rings. The highest BCUT2D eigenvalue weighted by atomic mass is 79.9. The van der Waals surface area contributed by atoms with E-state index in [0.29, 0.717) is 16.0 Å². The average Bonchev–Trinajstić information content (AvgIpc) is 2.94. The molecule has 0 radical (unpaired) electrons. The van der Waals surface area contributed by atoms with Crippen molar-refractivity contribution < 1.29 is 9.13 Å². The smallest absolute Gasteiger partial charge is 0.213 e. The van der Waals surface area contributed by atoms with E-state index in [1.165, 1.54) is 6.07 Å². The molecule has 4 heterocycles. The molecule has 118 valence electrons. The van der Waals surface area contributed by atoms with E-state index in [2.05, 4.69) is 31.0 Å². The van der Waals surface area contributed by atoms with Crippen molar-refractivity contribution in [3.8, 4) is 11.4 Å². The fourth-order valence-electron chi connectivity index (χ4n) is 2.88. The van der Waals surface area contributed by atoms with Crippen LogP contribution in [0.1, 0.15) is 25.5 Å². The highest BCUT2D eigenvalue weighted by Gasteiger charge is 2.22. The minimum Gasteiger partial charge on any atom is -0.356 e. The van der Waals surface area contributed by atoms with Crippen LogP contribution in [0.4, 0.5) is 4.39 Å². The molecule has 0 saturated carbocycles. The van der Waals surface area contributed by atoms with Gasteiger partial charge in [0.2, 0.25) is 5.95 Å². The van der Waals surface area contributed by atoms with E-state index in [4.69, 9.17) is 4.74 Å². The number of hydrogen-bond acceptors (Lipinski definition) is 4. The summed E-state index contributed by atoms with van der Waals surface area (Å²) in [4.78, 5) is 8.26. The van der Waals surface area contributed by atoms with E-state index in [1.807, 2.05) is 10.7 Å². The fraction of sp³-hybridized carbons (Fsp3) is 0.312. The lowest BCUT2D eigenvalue weighted by molar-refractivity contribution is -0.0365. The summed E-state index contributed by atoms with van der Waals surface area (Å²) in [6.45, 7) is 0.726. The Hall–Kier alpha value is -1.86. The fourth-order valence-corrected chi connectivity index (χ4v) is 3.21. The van der Waals surface area contributed by atoms with Crippen molar-refractivity contribution in [3.63, 3.8) is 0 Å². The first kappa shape index (κ1) is 14.7. The quantitative estimate of drug-likeness (QED) is 0.632. The summed E-state index contributed by atoms with van der Waals surface area (Å²) >= 11 is 3.39. The second kappa shape index (κ2) is 5.98. The minimum atomic E-state index is -0.521. The van der Waals surface area contributed by atoms with Crippen molar-refractivity contribution in [2.24, 2.45) is 0 Å². The van der Waals surface area contributed by atoms with Crippen LogP contribution >= 0.6 is 15.9 Å². The van der Waals surface area contributed by atoms with Crippen LogP contribution in [-0.4, -0.2) is 26.4 Å². The molecule has 1 fully saturated rings. The Morgan fingerprint density at radius 3 is 3.00 bits per heavy atom. The third-order valence-corrected chi connectivity index (χ3v) is 4.38. The Bertz CT molecular complexity index is 860. The number of halogens is 2. The summed E-state index contributed by atoms with van der Waals surface area (Å²) in [6.07, 6.45) is 4.72. The number of pyridine rings is 2. The topological polar surface area (TPSA) is 52.8 Å². The maximum absolute atomic E-state index is 13.5. The molecule has 3 aromatic rings. The molecular weight excluding hydrogens is 363 g/mol. The van der Waals surface area contributed by atoms with E-state index in [1.54, 1.807) is 18.3 Å². The summed E-state index contributed by atoms with van der Waals surface area (Å²) in [6, 6.07) is 6.59. The summed E-state index contributed by atoms with van der Waals surface area (Å²) in [5, 5.41) is 5.54. The van der Waals surface area contributed by atoms with E-state index in [0.717, 1.165) is 36.8 Å². The number of ether oxygens (including phenoxy) is 1. The highest BCUT2D eigenvalue weighted by molar-refractivity contribution is 9.10. The molecule has 1 atom stereocenters. The van der Waals surface area contributed by atoms with Gasteiger partial charge in [0.05, 0.1) is 17.4 Å². The van der Waals surface area contributed by atoms with Gasteiger partial charge in [-0.15, -0.1) is 0 Å². The van der Waals surface area contributed by atoms with Crippen LogP contribution in [-0.2, 0) is 4.74 Å². The summed E-state index contributed by atoms with van der Waals surface area (Å²) < 4.78 is 21.9. The van der Waals surface area contributed by atoms with Gasteiger partial charge in [0.25, 0.3) is 0 Å². The third kappa shape index (κ3) is 2.74. The zero-order valence-electron chi connectivity index (χ0n) is 12.2. The number of hydrogen-bond donors (Lipinski definition) is 0. The predicted molar refractivity (Wildman–Crippen MR) is 87.3 cm³/mol. The normalized spacial score (nSPS) is 18.4. The van der Waals surface area contributed by atoms with Gasteiger partial charge in [-0.1, -0.05) is 6.07 Å². The van der Waals surface area contributed by atoms with Crippen molar-refractivity contribution >= 4 is 26.8 Å². The SMILES string of the molecule is Fc1cccc(-c2nn(C3CCCCO3)c3cnc(Br)cc23)n1. The van der Waals surface area contributed by atoms with Gasteiger partial charge in [0.15, 0.2) is 6.23 Å². The zero-order valence-corrected chi connectivity index (χ0v) is 13.8. The second-order valence-electron chi connectivity index (χ2n) is 5.48. The van der Waals surface area contributed by atoms with Gasteiger partial charge in [-0.3, -0.25) is 0 Å². The van der Waals surface area contributed by atoms with Crippen LogP contribution < -0.4 is 0 Å². The Morgan fingerprint density at radius 1 is 1.30 bits per heavy atom. The van der Waals surface area contributed by atoms with Crippen molar-refractivity contribution in [2.75, 3.05) is 6.61 Å². The van der Waals surface area contributed by atoms with Crippen LogP contribution in [0.5, 0.6) is 0 Å². The van der Waals surface area contributed by atoms with Crippen LogP contribution in [0.2, 0.25) is 0 Å². The number of fused-ring (bicyclic) bond motifs is 1. The molecule has 0 spiro atoms. The maximum atomic E-state index is 13.5. The van der Waals surface area contributed by atoms with Gasteiger partial charge in [0.1, 0.15) is 10.3 Å². The van der Waals surface area contributed by atoms with Crippen molar-refractivity contribution in [2.45, 2.75) is 25.5 Å². The van der Waals surface area contributed by atoms with Gasteiger partial charge in [0, 0.05) is 12.0 Å². The Kier molecular flexibility index (Phi) is 3.82. The van der Waals surface area contributed by atoms with Crippen molar-refractivity contribution in [1.29, 1.82) is 0 Å². The first-order valence-electron chi connectivity index (χ1n) is 7.51. The molecule has 0 N–H and O–H groups in total. The lowest BCUT2D eigenvalue weighted by Gasteiger charge is -2.23. The number of nitrogens with zero attached hydrogens (tertiary/aromatic N) is 4. The number of aromatic nitrogens is 4. The molecule has 4 rings (SSSR count). The molecule has 0 aromatic carbocycles. The molecule has 1 saturated heterocycles. The lowest BCUT2D eigenvalue weighted by Crippen LogP contribution is -2.19. The Balaban J connectivity index is 1.91. The third-order valence-electron chi connectivity index (χ3n) is 3.95. The van der Waals surface area contributed by atoms with Crippen LogP contribution in [0.25, 0.3) is 22.3 Å². The van der Waals surface area contributed by atoms with E-state index in [9.17, 15) is 4.39 Å². The Labute approximate surface area is 140 Å². The average molecular weight is 377 g/mol. The minimum absolute atomic E-state index is 0.114. The lowest BCUT2D eigenvalue weighted by atomic mass is 10.2. The zero-order chi connectivity index (χ0) is 15.8. The molecule has 1 aliphatic heterocycles. The van der Waals surface area contributed by atoms with E-state index in [-0.39, 0.29) is 6.23 Å². The van der Waals surface area contributed by atoms with Crippen LogP contribution in [0.15, 0.2) is 35.1 Å². The molecule has 7 heteroatoms. The molecule has 1 unspecified atom stereocenters. The first-order chi connectivity index (χ1) is 11.2. The van der Waals surface area contributed by atoms with Crippen LogP contribution in [0, 0.1) is 5.95 Å². The molecule has 0 bridgehead atoms. The van der Waals surface area contributed by atoms with Gasteiger partial charge in [-0.25, -0.2) is 14.6 Å². The summed E-state index contributed by atoms with van der Waals surface area (Å²) in [5.41, 5.74) is 2.00. The second-order valence-corrected chi connectivity index (χ2v) is 6.30.